The van der Waals surface area contributed by atoms with Crippen molar-refractivity contribution < 1.29 is 17.9 Å². The van der Waals surface area contributed by atoms with Crippen molar-refractivity contribution >= 4 is 56.2 Å². The van der Waals surface area contributed by atoms with Crippen LogP contribution in [0, 0.1) is 0 Å². The van der Waals surface area contributed by atoms with Gasteiger partial charge < -0.3 is 15.4 Å². The van der Waals surface area contributed by atoms with Gasteiger partial charge in [0.15, 0.2) is 9.84 Å². The zero-order valence-electron chi connectivity index (χ0n) is 14.7. The average Bonchev–Trinajstić information content (AvgIpc) is 2.67. The Morgan fingerprint density at radius 1 is 1.18 bits per heavy atom. The van der Waals surface area contributed by atoms with Gasteiger partial charge in [-0.05, 0) is 24.3 Å². The van der Waals surface area contributed by atoms with Crippen LogP contribution in [0.2, 0.25) is 0 Å². The Morgan fingerprint density at radius 2 is 1.82 bits per heavy atom. The second kappa shape index (κ2) is 9.05. The normalized spacial score (nSPS) is 12.7. The van der Waals surface area contributed by atoms with Gasteiger partial charge in [0.25, 0.3) is 5.91 Å². The standard InChI is InChI=1S/C18H17Cl3N2O4S/c1-3-28(25,26)13-9-10-14(15(11-13)27-2)22-17(18(19,20)21)23-16(24)12-7-5-4-6-8-12/h3-11,17,22H,1H2,2H3,(H,23,24). The van der Waals surface area contributed by atoms with Crippen molar-refractivity contribution in [2.45, 2.75) is 14.9 Å². The molecule has 1 unspecified atom stereocenters. The number of benzene rings is 2. The zero-order chi connectivity index (χ0) is 20.9. The predicted octanol–water partition coefficient (Wildman–Crippen LogP) is 4.15. The average molecular weight is 464 g/mol. The van der Waals surface area contributed by atoms with Gasteiger partial charge in [0, 0.05) is 17.0 Å². The number of amides is 1. The molecule has 0 aliphatic heterocycles. The molecule has 2 aromatic carbocycles. The first kappa shape index (κ1) is 22.4. The van der Waals surface area contributed by atoms with Gasteiger partial charge in [0.1, 0.15) is 11.9 Å². The number of carbonyl (C=O) groups is 1. The number of carbonyl (C=O) groups excluding carboxylic acids is 1. The Morgan fingerprint density at radius 3 is 2.36 bits per heavy atom. The first-order chi connectivity index (χ1) is 13.1. The van der Waals surface area contributed by atoms with Crippen LogP contribution in [0.1, 0.15) is 10.4 Å². The number of methoxy groups -OCH3 is 1. The summed E-state index contributed by atoms with van der Waals surface area (Å²) in [5.41, 5.74) is 0.693. The molecule has 0 fully saturated rings. The fourth-order valence-corrected chi connectivity index (χ4v) is 3.27. The van der Waals surface area contributed by atoms with Gasteiger partial charge in [-0.3, -0.25) is 4.79 Å². The van der Waals surface area contributed by atoms with Crippen LogP contribution in [0.5, 0.6) is 5.75 Å². The van der Waals surface area contributed by atoms with E-state index in [0.717, 1.165) is 5.41 Å². The third kappa shape index (κ3) is 5.54. The summed E-state index contributed by atoms with van der Waals surface area (Å²) < 4.78 is 27.2. The fraction of sp³-hybridized carbons (Fsp3) is 0.167. The van der Waals surface area contributed by atoms with Gasteiger partial charge in [-0.25, -0.2) is 8.42 Å². The molecule has 0 aromatic heterocycles. The van der Waals surface area contributed by atoms with Crippen molar-refractivity contribution in [1.29, 1.82) is 0 Å². The molecule has 1 amide bonds. The summed E-state index contributed by atoms with van der Waals surface area (Å²) in [6.45, 7) is 3.28. The Labute approximate surface area is 178 Å². The van der Waals surface area contributed by atoms with Crippen molar-refractivity contribution in [1.82, 2.24) is 5.32 Å². The lowest BCUT2D eigenvalue weighted by Crippen LogP contribution is -2.49. The topological polar surface area (TPSA) is 84.5 Å². The highest BCUT2D eigenvalue weighted by Gasteiger charge is 2.35. The van der Waals surface area contributed by atoms with Crippen molar-refractivity contribution in [2.24, 2.45) is 0 Å². The number of rotatable bonds is 7. The second-order valence-corrected chi connectivity index (χ2v) is 9.80. The quantitative estimate of drug-likeness (QED) is 0.476. The molecule has 150 valence electrons. The number of nitrogens with one attached hydrogen (secondary N) is 2. The highest BCUT2D eigenvalue weighted by Crippen LogP contribution is 2.34. The number of hydrogen-bond donors (Lipinski definition) is 2. The zero-order valence-corrected chi connectivity index (χ0v) is 17.7. The molecule has 0 saturated heterocycles. The molecule has 0 radical (unpaired) electrons. The van der Waals surface area contributed by atoms with E-state index in [9.17, 15) is 13.2 Å². The summed E-state index contributed by atoms with van der Waals surface area (Å²) in [5, 5.41) is 6.29. The first-order valence-corrected chi connectivity index (χ1v) is 10.5. The summed E-state index contributed by atoms with van der Waals surface area (Å²) in [4.78, 5) is 12.4. The Balaban J connectivity index is 2.32. The summed E-state index contributed by atoms with van der Waals surface area (Å²) in [6.07, 6.45) is -1.14. The SMILES string of the molecule is C=CS(=O)(=O)c1ccc(NC(NC(=O)c2ccccc2)C(Cl)(Cl)Cl)c(OC)c1. The molecule has 10 heteroatoms. The lowest BCUT2D eigenvalue weighted by Gasteiger charge is -2.28. The smallest absolute Gasteiger partial charge is 0.252 e. The molecule has 2 N–H and O–H groups in total. The molecule has 6 nitrogen and oxygen atoms in total. The lowest BCUT2D eigenvalue weighted by atomic mass is 10.2. The number of anilines is 1. The maximum Gasteiger partial charge on any atom is 0.252 e. The third-order valence-corrected chi connectivity index (χ3v) is 5.66. The van der Waals surface area contributed by atoms with E-state index in [2.05, 4.69) is 17.2 Å². The van der Waals surface area contributed by atoms with E-state index in [1.165, 1.54) is 25.3 Å². The van der Waals surface area contributed by atoms with Crippen LogP contribution in [0.3, 0.4) is 0 Å². The van der Waals surface area contributed by atoms with Gasteiger partial charge in [0.2, 0.25) is 3.79 Å². The van der Waals surface area contributed by atoms with Crippen LogP contribution >= 0.6 is 34.8 Å². The third-order valence-electron chi connectivity index (χ3n) is 3.66. The monoisotopic (exact) mass is 462 g/mol. The van der Waals surface area contributed by atoms with Gasteiger partial charge in [-0.2, -0.15) is 0 Å². The van der Waals surface area contributed by atoms with Gasteiger partial charge in [-0.15, -0.1) is 0 Å². The molecule has 0 bridgehead atoms. The van der Waals surface area contributed by atoms with E-state index in [1.807, 2.05) is 0 Å². The molecule has 2 aromatic rings. The van der Waals surface area contributed by atoms with Crippen molar-refractivity contribution in [3.63, 3.8) is 0 Å². The lowest BCUT2D eigenvalue weighted by molar-refractivity contribution is 0.0941. The van der Waals surface area contributed by atoms with E-state index in [0.29, 0.717) is 11.3 Å². The number of hydrogen-bond acceptors (Lipinski definition) is 5. The maximum atomic E-state index is 12.4. The minimum absolute atomic E-state index is 0.0105. The van der Waals surface area contributed by atoms with E-state index in [-0.39, 0.29) is 10.6 Å². The fourth-order valence-electron chi connectivity index (χ4n) is 2.22. The number of alkyl halides is 3. The molecule has 1 atom stereocenters. The van der Waals surface area contributed by atoms with E-state index >= 15 is 0 Å². The summed E-state index contributed by atoms with van der Waals surface area (Å²) >= 11 is 18.0. The molecule has 0 saturated carbocycles. The highest BCUT2D eigenvalue weighted by atomic mass is 35.6. The molecule has 0 spiro atoms. The van der Waals surface area contributed by atoms with Crippen LogP contribution < -0.4 is 15.4 Å². The molecule has 0 heterocycles. The van der Waals surface area contributed by atoms with Crippen LogP contribution in [-0.4, -0.2) is 31.4 Å². The molecule has 0 aliphatic rings. The Kier molecular flexibility index (Phi) is 7.22. The highest BCUT2D eigenvalue weighted by molar-refractivity contribution is 7.94. The molecular weight excluding hydrogens is 447 g/mol. The first-order valence-electron chi connectivity index (χ1n) is 7.83. The predicted molar refractivity (Wildman–Crippen MR) is 112 cm³/mol. The van der Waals surface area contributed by atoms with Crippen molar-refractivity contribution in [2.75, 3.05) is 12.4 Å². The molecule has 2 rings (SSSR count). The van der Waals surface area contributed by atoms with Crippen LogP contribution in [-0.2, 0) is 9.84 Å². The minimum Gasteiger partial charge on any atom is -0.495 e. The molecule has 0 aliphatic carbocycles. The van der Waals surface area contributed by atoms with Gasteiger partial charge in [-0.1, -0.05) is 59.6 Å². The Hall–Kier alpha value is -1.93. The van der Waals surface area contributed by atoms with E-state index in [1.54, 1.807) is 30.3 Å². The van der Waals surface area contributed by atoms with Gasteiger partial charge in [0.05, 0.1) is 17.7 Å². The number of halogens is 3. The van der Waals surface area contributed by atoms with Crippen LogP contribution in [0.25, 0.3) is 0 Å². The number of sulfone groups is 1. The second-order valence-electron chi connectivity index (χ2n) is 5.53. The van der Waals surface area contributed by atoms with Crippen LogP contribution in [0.4, 0.5) is 5.69 Å². The number of ether oxygens (including phenoxy) is 1. The summed E-state index contributed by atoms with van der Waals surface area (Å²) in [5.74, 6) is -0.287. The largest absolute Gasteiger partial charge is 0.495 e. The molecular formula is C18H17Cl3N2O4S. The van der Waals surface area contributed by atoms with Crippen LogP contribution in [0.15, 0.2) is 65.4 Å². The maximum absolute atomic E-state index is 12.4. The van der Waals surface area contributed by atoms with E-state index < -0.39 is 25.7 Å². The minimum atomic E-state index is -3.65. The molecule has 28 heavy (non-hydrogen) atoms. The van der Waals surface area contributed by atoms with Crippen molar-refractivity contribution in [3.8, 4) is 5.75 Å². The van der Waals surface area contributed by atoms with E-state index in [4.69, 9.17) is 39.5 Å². The van der Waals surface area contributed by atoms with Gasteiger partial charge >= 0.3 is 0 Å². The summed E-state index contributed by atoms with van der Waals surface area (Å²) in [7, 11) is -2.29. The van der Waals surface area contributed by atoms with Crippen molar-refractivity contribution in [3.05, 3.63) is 66.1 Å². The summed E-state index contributed by atoms with van der Waals surface area (Å²) in [6, 6.07) is 12.5. The Bertz CT molecular complexity index is 961.